The van der Waals surface area contributed by atoms with E-state index in [9.17, 15) is 18.7 Å². The summed E-state index contributed by atoms with van der Waals surface area (Å²) >= 11 is 0. The molecule has 0 fully saturated rings. The van der Waals surface area contributed by atoms with Crippen molar-refractivity contribution < 1.29 is 18.7 Å². The van der Waals surface area contributed by atoms with Crippen molar-refractivity contribution in [1.82, 2.24) is 14.9 Å². The fourth-order valence-electron chi connectivity index (χ4n) is 3.85. The fourth-order valence-corrected chi connectivity index (χ4v) is 3.85. The topological polar surface area (TPSA) is 79.2 Å². The number of nitrogens with zero attached hydrogens (tertiary/aromatic N) is 2. The molecular formula is C28H30Cl2F2N4O2. The predicted molar refractivity (Wildman–Crippen MR) is 149 cm³/mol. The van der Waals surface area contributed by atoms with Crippen molar-refractivity contribution in [3.05, 3.63) is 119 Å². The standard InChI is InChI=1S/C28H28F2N4O2.2ClH/c29-23-9-8-22(25(30)16-23)19-34-15-14-32-27(34)17-28(36)33-24-10-6-20(7-11-24)12-13-31-18-26(35)21-4-2-1-3-5-21;;/h1-11,14-16,26,31,35H,12-13,17-19H2,(H,33,36);2*1H/t26-;;/m0../s1. The molecule has 202 valence electrons. The second-order valence-corrected chi connectivity index (χ2v) is 8.51. The Morgan fingerprint density at radius 2 is 1.74 bits per heavy atom. The molecule has 10 heteroatoms. The van der Waals surface area contributed by atoms with Crippen LogP contribution >= 0.6 is 24.8 Å². The molecule has 3 aromatic carbocycles. The zero-order chi connectivity index (χ0) is 25.3. The number of carbonyl (C=O) groups is 1. The van der Waals surface area contributed by atoms with Crippen molar-refractivity contribution in [1.29, 1.82) is 0 Å². The molecule has 1 amide bonds. The van der Waals surface area contributed by atoms with Gasteiger partial charge in [-0.3, -0.25) is 4.79 Å². The largest absolute Gasteiger partial charge is 0.387 e. The summed E-state index contributed by atoms with van der Waals surface area (Å²) < 4.78 is 28.8. The first-order chi connectivity index (χ1) is 17.5. The smallest absolute Gasteiger partial charge is 0.231 e. The van der Waals surface area contributed by atoms with Gasteiger partial charge in [-0.05, 0) is 42.3 Å². The average molecular weight is 563 g/mol. The zero-order valence-electron chi connectivity index (χ0n) is 20.5. The van der Waals surface area contributed by atoms with Crippen LogP contribution in [0, 0.1) is 11.6 Å². The van der Waals surface area contributed by atoms with Gasteiger partial charge in [0.1, 0.15) is 17.5 Å². The van der Waals surface area contributed by atoms with Gasteiger partial charge in [0.2, 0.25) is 5.91 Å². The van der Waals surface area contributed by atoms with Crippen molar-refractivity contribution in [3.8, 4) is 0 Å². The number of benzene rings is 3. The lowest BCUT2D eigenvalue weighted by molar-refractivity contribution is -0.115. The van der Waals surface area contributed by atoms with Crippen LogP contribution in [0.15, 0.2) is 85.2 Å². The SMILES string of the molecule is Cl.Cl.O=C(Cc1nccn1Cc1ccc(F)cc1F)Nc1ccc(CCNC[C@H](O)c2ccccc2)cc1. The van der Waals surface area contributed by atoms with E-state index in [-0.39, 0.29) is 43.7 Å². The molecule has 3 N–H and O–H groups in total. The number of rotatable bonds is 11. The van der Waals surface area contributed by atoms with Gasteiger partial charge in [-0.2, -0.15) is 0 Å². The summed E-state index contributed by atoms with van der Waals surface area (Å²) in [5.74, 6) is -1.03. The Hall–Kier alpha value is -3.30. The van der Waals surface area contributed by atoms with E-state index < -0.39 is 17.7 Å². The highest BCUT2D eigenvalue weighted by atomic mass is 35.5. The first-order valence-corrected chi connectivity index (χ1v) is 11.7. The molecule has 0 aliphatic rings. The van der Waals surface area contributed by atoms with E-state index >= 15 is 0 Å². The quantitative estimate of drug-likeness (QED) is 0.222. The van der Waals surface area contributed by atoms with E-state index in [0.717, 1.165) is 23.6 Å². The predicted octanol–water partition coefficient (Wildman–Crippen LogP) is 5.10. The summed E-state index contributed by atoms with van der Waals surface area (Å²) in [5.41, 5.74) is 2.97. The molecule has 1 atom stereocenters. The zero-order valence-corrected chi connectivity index (χ0v) is 22.2. The Labute approximate surface area is 232 Å². The van der Waals surface area contributed by atoms with E-state index in [1.165, 1.54) is 12.1 Å². The van der Waals surface area contributed by atoms with Crippen LogP contribution in [-0.2, 0) is 24.2 Å². The van der Waals surface area contributed by atoms with Crippen LogP contribution in [0.2, 0.25) is 0 Å². The molecule has 1 aromatic heterocycles. The van der Waals surface area contributed by atoms with Gasteiger partial charge in [0.25, 0.3) is 0 Å². The van der Waals surface area contributed by atoms with E-state index in [4.69, 9.17) is 0 Å². The molecule has 0 spiro atoms. The van der Waals surface area contributed by atoms with Gasteiger partial charge in [-0.1, -0.05) is 48.5 Å². The lowest BCUT2D eigenvalue weighted by atomic mass is 10.1. The Morgan fingerprint density at radius 1 is 1.00 bits per heavy atom. The van der Waals surface area contributed by atoms with E-state index in [1.807, 2.05) is 54.6 Å². The summed E-state index contributed by atoms with van der Waals surface area (Å²) in [6.07, 6.45) is 3.46. The number of imidazole rings is 1. The molecule has 0 saturated carbocycles. The number of halogens is 4. The number of hydrogen-bond donors (Lipinski definition) is 3. The number of carbonyl (C=O) groups excluding carboxylic acids is 1. The van der Waals surface area contributed by atoms with Crippen LogP contribution in [0.3, 0.4) is 0 Å². The van der Waals surface area contributed by atoms with Crippen molar-refractivity contribution in [2.75, 3.05) is 18.4 Å². The maximum absolute atomic E-state index is 14.0. The summed E-state index contributed by atoms with van der Waals surface area (Å²) in [5, 5.41) is 16.3. The first kappa shape index (κ1) is 30.9. The molecule has 6 nitrogen and oxygen atoms in total. The highest BCUT2D eigenvalue weighted by molar-refractivity contribution is 5.91. The van der Waals surface area contributed by atoms with Gasteiger partial charge in [0.05, 0.1) is 19.1 Å². The van der Waals surface area contributed by atoms with Crippen molar-refractivity contribution >= 4 is 36.4 Å². The lowest BCUT2D eigenvalue weighted by Gasteiger charge is -2.12. The van der Waals surface area contributed by atoms with Crippen molar-refractivity contribution in [2.24, 2.45) is 0 Å². The molecule has 38 heavy (non-hydrogen) atoms. The van der Waals surface area contributed by atoms with Crippen LogP contribution in [0.5, 0.6) is 0 Å². The minimum absolute atomic E-state index is 0. The molecule has 0 radical (unpaired) electrons. The summed E-state index contributed by atoms with van der Waals surface area (Å²) in [6.45, 7) is 1.34. The molecule has 4 rings (SSSR count). The summed E-state index contributed by atoms with van der Waals surface area (Å²) in [4.78, 5) is 16.8. The number of hydrogen-bond acceptors (Lipinski definition) is 4. The summed E-state index contributed by atoms with van der Waals surface area (Å²) in [7, 11) is 0. The number of nitrogens with one attached hydrogen (secondary N) is 2. The maximum Gasteiger partial charge on any atom is 0.231 e. The van der Waals surface area contributed by atoms with Crippen molar-refractivity contribution in [3.63, 3.8) is 0 Å². The first-order valence-electron chi connectivity index (χ1n) is 11.7. The number of aliphatic hydroxyl groups excluding tert-OH is 1. The third-order valence-electron chi connectivity index (χ3n) is 5.83. The monoisotopic (exact) mass is 562 g/mol. The highest BCUT2D eigenvalue weighted by Gasteiger charge is 2.12. The third-order valence-corrected chi connectivity index (χ3v) is 5.83. The molecule has 0 unspecified atom stereocenters. The van der Waals surface area contributed by atoms with E-state index in [1.54, 1.807) is 17.0 Å². The van der Waals surface area contributed by atoms with Gasteiger partial charge in [-0.25, -0.2) is 13.8 Å². The lowest BCUT2D eigenvalue weighted by Crippen LogP contribution is -2.23. The Kier molecular flexibility index (Phi) is 12.4. The van der Waals surface area contributed by atoms with Gasteiger partial charge in [0.15, 0.2) is 0 Å². The number of amides is 1. The van der Waals surface area contributed by atoms with Gasteiger partial charge < -0.3 is 20.3 Å². The van der Waals surface area contributed by atoms with Crippen LogP contribution in [0.1, 0.15) is 28.6 Å². The number of aliphatic hydroxyl groups is 1. The Balaban J connectivity index is 0.00000253. The molecular weight excluding hydrogens is 533 g/mol. The highest BCUT2D eigenvalue weighted by Crippen LogP contribution is 2.15. The second-order valence-electron chi connectivity index (χ2n) is 8.51. The van der Waals surface area contributed by atoms with Gasteiger partial charge in [0, 0.05) is 36.3 Å². The number of anilines is 1. The maximum atomic E-state index is 14.0. The molecule has 4 aromatic rings. The van der Waals surface area contributed by atoms with Gasteiger partial charge in [-0.15, -0.1) is 24.8 Å². The van der Waals surface area contributed by atoms with E-state index in [0.29, 0.717) is 30.2 Å². The van der Waals surface area contributed by atoms with Crippen LogP contribution in [0.4, 0.5) is 14.5 Å². The summed E-state index contributed by atoms with van der Waals surface area (Å²) in [6, 6.07) is 20.5. The molecule has 0 saturated heterocycles. The Morgan fingerprint density at radius 3 is 2.45 bits per heavy atom. The minimum Gasteiger partial charge on any atom is -0.387 e. The fraction of sp³-hybridized carbons (Fsp3) is 0.214. The van der Waals surface area contributed by atoms with Crippen LogP contribution in [-0.4, -0.2) is 33.7 Å². The second kappa shape index (κ2) is 15.2. The molecule has 0 bridgehead atoms. The van der Waals surface area contributed by atoms with E-state index in [2.05, 4.69) is 15.6 Å². The van der Waals surface area contributed by atoms with Crippen molar-refractivity contribution in [2.45, 2.75) is 25.5 Å². The molecule has 0 aliphatic carbocycles. The van der Waals surface area contributed by atoms with Gasteiger partial charge >= 0.3 is 0 Å². The average Bonchev–Trinajstić information content (AvgIpc) is 3.31. The minimum atomic E-state index is -0.637. The normalized spacial score (nSPS) is 11.2. The Bertz CT molecular complexity index is 1290. The third kappa shape index (κ3) is 8.92. The number of aromatic nitrogens is 2. The molecule has 0 aliphatic heterocycles. The van der Waals surface area contributed by atoms with Crippen LogP contribution in [0.25, 0.3) is 0 Å². The van der Waals surface area contributed by atoms with Crippen LogP contribution < -0.4 is 10.6 Å². The molecule has 1 heterocycles.